The molecule has 8 nitrogen and oxygen atoms in total. The zero-order valence-electron chi connectivity index (χ0n) is 20.3. The number of carbonyl (C=O) groups is 3. The molecule has 0 saturated heterocycles. The van der Waals surface area contributed by atoms with Crippen LogP contribution in [0.25, 0.3) is 10.6 Å². The molecule has 0 radical (unpaired) electrons. The molecule has 0 spiro atoms. The molecule has 3 aromatic rings. The van der Waals surface area contributed by atoms with Crippen molar-refractivity contribution in [3.63, 3.8) is 0 Å². The quantitative estimate of drug-likeness (QED) is 0.211. The number of nitrogens with one attached hydrogen (secondary N) is 2. The van der Waals surface area contributed by atoms with Gasteiger partial charge in [0.25, 0.3) is 5.91 Å². The lowest BCUT2D eigenvalue weighted by molar-refractivity contribution is -0.137. The predicted molar refractivity (Wildman–Crippen MR) is 133 cm³/mol. The maximum atomic E-state index is 13.6. The number of ketones is 1. The van der Waals surface area contributed by atoms with E-state index in [4.69, 9.17) is 0 Å². The minimum atomic E-state index is -4.58. The Morgan fingerprint density at radius 1 is 1.00 bits per heavy atom. The van der Waals surface area contributed by atoms with E-state index in [1.54, 1.807) is 0 Å². The number of aliphatic hydroxyl groups excluding tert-OH is 1. The zero-order valence-corrected chi connectivity index (χ0v) is 21.9. The monoisotopic (exact) mass is 590 g/mol. The maximum absolute atomic E-state index is 13.6. The summed E-state index contributed by atoms with van der Waals surface area (Å²) in [5.74, 6) is -4.21. The van der Waals surface area contributed by atoms with Gasteiger partial charge in [-0.1, -0.05) is 0 Å². The molecule has 15 heteroatoms. The van der Waals surface area contributed by atoms with Gasteiger partial charge in [0.05, 0.1) is 18.3 Å². The van der Waals surface area contributed by atoms with Gasteiger partial charge in [0.1, 0.15) is 27.6 Å². The third-order valence-electron chi connectivity index (χ3n) is 5.33. The summed E-state index contributed by atoms with van der Waals surface area (Å²) in [5, 5.41) is 15.9. The van der Waals surface area contributed by atoms with E-state index >= 15 is 0 Å². The Balaban J connectivity index is 1.77. The highest BCUT2D eigenvalue weighted by Crippen LogP contribution is 2.27. The molecule has 1 unspecified atom stereocenters. The number of aliphatic hydroxyl groups is 1. The van der Waals surface area contributed by atoms with Crippen LogP contribution in [0, 0.1) is 11.6 Å². The molecule has 1 aromatic carbocycles. The molecule has 0 aliphatic carbocycles. The fraction of sp³-hybridized carbons (Fsp3) is 0.375. The van der Waals surface area contributed by atoms with Crippen LogP contribution in [-0.4, -0.2) is 57.0 Å². The lowest BCUT2D eigenvalue weighted by atomic mass is 10.0. The van der Waals surface area contributed by atoms with E-state index in [-0.39, 0.29) is 33.3 Å². The molecule has 2 amide bonds. The summed E-state index contributed by atoms with van der Waals surface area (Å²) in [6.45, 7) is 1.45. The number of benzene rings is 1. The summed E-state index contributed by atoms with van der Waals surface area (Å²) in [6, 6.07) is -0.153. The minimum absolute atomic E-state index is 0.0167. The van der Waals surface area contributed by atoms with E-state index in [1.165, 1.54) is 18.5 Å². The van der Waals surface area contributed by atoms with Crippen LogP contribution in [0.3, 0.4) is 0 Å². The zero-order chi connectivity index (χ0) is 28.7. The lowest BCUT2D eigenvalue weighted by Gasteiger charge is -2.23. The maximum Gasteiger partial charge on any atom is 0.389 e. The largest absolute Gasteiger partial charge is 0.393 e. The van der Waals surface area contributed by atoms with Crippen LogP contribution in [0.2, 0.25) is 0 Å². The third-order valence-corrected chi connectivity index (χ3v) is 7.16. The summed E-state index contributed by atoms with van der Waals surface area (Å²) in [7, 11) is 0. The molecule has 0 saturated carbocycles. The van der Waals surface area contributed by atoms with Crippen molar-refractivity contribution in [1.29, 1.82) is 0 Å². The number of amides is 2. The SMILES string of the molecule is CC(O)CC[C@H](NC(=O)c1cnc(-c2cc(F)cc(F)c2)s1)C(=O)N[C@@H](CCC(F)(F)F)C(=O)c1nccs1. The average Bonchev–Trinajstić information content (AvgIpc) is 3.55. The van der Waals surface area contributed by atoms with Crippen LogP contribution in [0.5, 0.6) is 0 Å². The Kier molecular flexibility index (Phi) is 10.2. The Morgan fingerprint density at radius 2 is 1.69 bits per heavy atom. The second kappa shape index (κ2) is 13.2. The third kappa shape index (κ3) is 9.14. The fourth-order valence-corrected chi connectivity index (χ4v) is 4.88. The van der Waals surface area contributed by atoms with Crippen molar-refractivity contribution in [3.8, 4) is 10.6 Å². The van der Waals surface area contributed by atoms with Crippen molar-refractivity contribution in [2.45, 2.75) is 57.0 Å². The molecule has 210 valence electrons. The van der Waals surface area contributed by atoms with Gasteiger partial charge in [0.15, 0.2) is 5.01 Å². The molecular formula is C24H23F5N4O4S2. The number of nitrogens with zero attached hydrogens (tertiary/aromatic N) is 2. The Bertz CT molecular complexity index is 1280. The molecule has 0 fully saturated rings. The number of carbonyl (C=O) groups excluding carboxylic acids is 3. The Morgan fingerprint density at radius 3 is 2.28 bits per heavy atom. The van der Waals surface area contributed by atoms with Crippen molar-refractivity contribution in [1.82, 2.24) is 20.6 Å². The molecule has 0 aliphatic heterocycles. The first kappa shape index (κ1) is 30.2. The molecule has 2 aromatic heterocycles. The standard InChI is InChI=1S/C24H23F5N4O4S2/c1-12(34)2-3-17(20(36)32-16(4-5-24(27,28)29)19(35)23-30-6-7-38-23)33-21(37)18-11-31-22(39-18)13-8-14(25)10-15(26)9-13/h6-12,16-17,34H,2-5H2,1H3,(H,32,36)(H,33,37)/t12?,16-,17-/m0/s1. The first-order chi connectivity index (χ1) is 18.3. The summed E-state index contributed by atoms with van der Waals surface area (Å²) in [6.07, 6.45) is -5.16. The highest BCUT2D eigenvalue weighted by Gasteiger charge is 2.34. The topological polar surface area (TPSA) is 121 Å². The van der Waals surface area contributed by atoms with Gasteiger partial charge in [-0.15, -0.1) is 22.7 Å². The molecule has 0 aliphatic rings. The van der Waals surface area contributed by atoms with Gasteiger partial charge in [0, 0.05) is 29.6 Å². The molecular weight excluding hydrogens is 567 g/mol. The van der Waals surface area contributed by atoms with Gasteiger partial charge >= 0.3 is 6.18 Å². The average molecular weight is 591 g/mol. The van der Waals surface area contributed by atoms with E-state index in [2.05, 4.69) is 20.6 Å². The number of Topliss-reactive ketones (excluding diaryl/α,β-unsaturated/α-hetero) is 1. The predicted octanol–water partition coefficient (Wildman–Crippen LogP) is 4.51. The molecule has 3 atom stereocenters. The summed E-state index contributed by atoms with van der Waals surface area (Å²) < 4.78 is 65.8. The highest BCUT2D eigenvalue weighted by molar-refractivity contribution is 7.16. The molecule has 0 bridgehead atoms. The normalized spacial score (nSPS) is 13.9. The number of halogens is 5. The van der Waals surface area contributed by atoms with Crippen LogP contribution in [0.1, 0.15) is 52.1 Å². The lowest BCUT2D eigenvalue weighted by Crippen LogP contribution is -2.52. The van der Waals surface area contributed by atoms with Crippen LogP contribution >= 0.6 is 22.7 Å². The molecule has 39 heavy (non-hydrogen) atoms. The highest BCUT2D eigenvalue weighted by atomic mass is 32.1. The molecule has 2 heterocycles. The van der Waals surface area contributed by atoms with Crippen LogP contribution < -0.4 is 10.6 Å². The van der Waals surface area contributed by atoms with Crippen LogP contribution in [0.4, 0.5) is 22.0 Å². The number of aromatic nitrogens is 2. The molecule has 3 N–H and O–H groups in total. The number of thiazole rings is 2. The first-order valence-electron chi connectivity index (χ1n) is 11.5. The summed E-state index contributed by atoms with van der Waals surface area (Å²) in [4.78, 5) is 46.5. The van der Waals surface area contributed by atoms with E-state index < -0.39 is 66.4 Å². The number of alkyl halides is 3. The van der Waals surface area contributed by atoms with Crippen molar-refractivity contribution in [2.24, 2.45) is 0 Å². The number of rotatable bonds is 12. The minimum Gasteiger partial charge on any atom is -0.393 e. The van der Waals surface area contributed by atoms with Crippen molar-refractivity contribution in [2.75, 3.05) is 0 Å². The fourth-order valence-electron chi connectivity index (χ4n) is 3.44. The van der Waals surface area contributed by atoms with Gasteiger partial charge in [-0.05, 0) is 38.3 Å². The number of hydrogen-bond acceptors (Lipinski definition) is 8. The number of hydrogen-bond donors (Lipinski definition) is 3. The second-order valence-corrected chi connectivity index (χ2v) is 10.5. The smallest absolute Gasteiger partial charge is 0.389 e. The Labute approximate surface area is 227 Å². The summed E-state index contributed by atoms with van der Waals surface area (Å²) >= 11 is 1.70. The van der Waals surface area contributed by atoms with E-state index in [1.807, 2.05) is 0 Å². The Hall–Kier alpha value is -3.30. The second-order valence-electron chi connectivity index (χ2n) is 8.56. The summed E-state index contributed by atoms with van der Waals surface area (Å²) in [5.41, 5.74) is 0.0909. The van der Waals surface area contributed by atoms with Gasteiger partial charge in [-0.3, -0.25) is 14.4 Å². The van der Waals surface area contributed by atoms with Gasteiger partial charge in [-0.2, -0.15) is 13.2 Å². The van der Waals surface area contributed by atoms with E-state index in [9.17, 15) is 41.4 Å². The van der Waals surface area contributed by atoms with Gasteiger partial charge in [-0.25, -0.2) is 18.7 Å². The van der Waals surface area contributed by atoms with Crippen LogP contribution in [0.15, 0.2) is 36.0 Å². The van der Waals surface area contributed by atoms with Crippen molar-refractivity contribution < 1.29 is 41.4 Å². The first-order valence-corrected chi connectivity index (χ1v) is 13.2. The van der Waals surface area contributed by atoms with E-state index in [0.717, 1.165) is 41.0 Å². The van der Waals surface area contributed by atoms with Gasteiger partial charge < -0.3 is 15.7 Å². The van der Waals surface area contributed by atoms with Gasteiger partial charge in [0.2, 0.25) is 11.7 Å². The van der Waals surface area contributed by atoms with Crippen LogP contribution in [-0.2, 0) is 4.79 Å². The van der Waals surface area contributed by atoms with Crippen molar-refractivity contribution in [3.05, 3.63) is 57.5 Å². The van der Waals surface area contributed by atoms with E-state index in [0.29, 0.717) is 6.07 Å². The van der Waals surface area contributed by atoms with Crippen molar-refractivity contribution >= 4 is 40.3 Å². The molecule has 3 rings (SSSR count).